The molecule has 0 saturated carbocycles. The second-order valence-electron chi connectivity index (χ2n) is 3.66. The van der Waals surface area contributed by atoms with Gasteiger partial charge in [0.1, 0.15) is 10.8 Å². The Bertz CT molecular complexity index is 546. The van der Waals surface area contributed by atoms with Crippen LogP contribution in [0.15, 0.2) is 36.5 Å². The smallest absolute Gasteiger partial charge is 0.222 e. The minimum Gasteiger partial charge on any atom is -0.437 e. The first-order valence-electron chi connectivity index (χ1n) is 5.48. The predicted octanol–water partition coefficient (Wildman–Crippen LogP) is 3.68. The van der Waals surface area contributed by atoms with Crippen LogP contribution in [0.25, 0.3) is 0 Å². The van der Waals surface area contributed by atoms with Crippen LogP contribution in [0.4, 0.5) is 0 Å². The van der Waals surface area contributed by atoms with E-state index >= 15 is 0 Å². The number of benzene rings is 1. The van der Waals surface area contributed by atoms with E-state index < -0.39 is 0 Å². The second kappa shape index (κ2) is 6.05. The van der Waals surface area contributed by atoms with Crippen molar-refractivity contribution < 1.29 is 4.74 Å². The summed E-state index contributed by atoms with van der Waals surface area (Å²) in [5, 5.41) is 0.828. The molecule has 0 atom stereocenters. The van der Waals surface area contributed by atoms with Crippen molar-refractivity contribution in [1.82, 2.24) is 4.98 Å². The maximum Gasteiger partial charge on any atom is 0.222 e. The van der Waals surface area contributed by atoms with Gasteiger partial charge in [-0.1, -0.05) is 35.3 Å². The highest BCUT2D eigenvalue weighted by Crippen LogP contribution is 2.34. The number of nitrogens with two attached hydrogens (primary N) is 1. The van der Waals surface area contributed by atoms with Crippen LogP contribution < -0.4 is 10.5 Å². The third-order valence-electron chi connectivity index (χ3n) is 2.39. The highest BCUT2D eigenvalue weighted by molar-refractivity contribution is 6.42. The van der Waals surface area contributed by atoms with E-state index in [1.807, 2.05) is 12.1 Å². The lowest BCUT2D eigenvalue weighted by molar-refractivity contribution is 0.456. The van der Waals surface area contributed by atoms with Crippen molar-refractivity contribution in [2.45, 2.75) is 6.42 Å². The number of ether oxygens (including phenoxy) is 1. The topological polar surface area (TPSA) is 48.1 Å². The Hall–Kier alpha value is -1.29. The quantitative estimate of drug-likeness (QED) is 0.931. The van der Waals surface area contributed by atoms with Crippen molar-refractivity contribution >= 4 is 23.2 Å². The van der Waals surface area contributed by atoms with E-state index in [4.69, 9.17) is 33.7 Å². The lowest BCUT2D eigenvalue weighted by Gasteiger charge is -2.10. The van der Waals surface area contributed by atoms with Crippen LogP contribution >= 0.6 is 23.2 Å². The average molecular weight is 283 g/mol. The molecule has 1 aromatic heterocycles. The molecule has 0 spiro atoms. The molecule has 0 radical (unpaired) electrons. The van der Waals surface area contributed by atoms with Gasteiger partial charge in [0.25, 0.3) is 0 Å². The Kier molecular flexibility index (Phi) is 4.42. The normalized spacial score (nSPS) is 10.4. The molecule has 1 aromatic carbocycles. The zero-order valence-electron chi connectivity index (χ0n) is 9.57. The maximum atomic E-state index is 6.06. The van der Waals surface area contributed by atoms with Crippen LogP contribution in [0.1, 0.15) is 5.56 Å². The Morgan fingerprint density at radius 1 is 1.17 bits per heavy atom. The standard InChI is InChI=1S/C13H12Cl2N2O/c14-10-4-1-5-11(12(10)15)18-13-9(6-7-16)3-2-8-17-13/h1-5,8H,6-7,16H2. The monoisotopic (exact) mass is 282 g/mol. The number of aromatic nitrogens is 1. The molecular formula is C13H12Cl2N2O. The lowest BCUT2D eigenvalue weighted by Crippen LogP contribution is -2.04. The predicted molar refractivity (Wildman–Crippen MR) is 73.5 cm³/mol. The summed E-state index contributed by atoms with van der Waals surface area (Å²) in [5.41, 5.74) is 6.49. The van der Waals surface area contributed by atoms with Crippen LogP contribution in [-0.4, -0.2) is 11.5 Å². The number of hydrogen-bond acceptors (Lipinski definition) is 3. The summed E-state index contributed by atoms with van der Waals surface area (Å²) in [6, 6.07) is 8.99. The van der Waals surface area contributed by atoms with Gasteiger partial charge in [-0.3, -0.25) is 0 Å². The van der Waals surface area contributed by atoms with Crippen molar-refractivity contribution in [1.29, 1.82) is 0 Å². The van der Waals surface area contributed by atoms with Gasteiger partial charge in [0, 0.05) is 11.8 Å². The van der Waals surface area contributed by atoms with Crippen molar-refractivity contribution in [2.75, 3.05) is 6.54 Å². The van der Waals surface area contributed by atoms with Crippen LogP contribution in [-0.2, 0) is 6.42 Å². The molecule has 0 unspecified atom stereocenters. The van der Waals surface area contributed by atoms with Crippen LogP contribution in [0, 0.1) is 0 Å². The van der Waals surface area contributed by atoms with Gasteiger partial charge in [-0.2, -0.15) is 0 Å². The van der Waals surface area contributed by atoms with Crippen LogP contribution in [0.3, 0.4) is 0 Å². The minimum atomic E-state index is 0.378. The van der Waals surface area contributed by atoms with Crippen molar-refractivity contribution in [3.05, 3.63) is 52.1 Å². The van der Waals surface area contributed by atoms with Gasteiger partial charge in [0.2, 0.25) is 5.88 Å². The lowest BCUT2D eigenvalue weighted by atomic mass is 10.2. The van der Waals surface area contributed by atoms with Gasteiger partial charge < -0.3 is 10.5 Å². The van der Waals surface area contributed by atoms with E-state index in [0.29, 0.717) is 34.6 Å². The summed E-state index contributed by atoms with van der Waals surface area (Å²) in [5.74, 6) is 0.994. The fraction of sp³-hybridized carbons (Fsp3) is 0.154. The molecule has 0 aliphatic carbocycles. The summed E-state index contributed by atoms with van der Waals surface area (Å²) >= 11 is 12.0. The molecule has 0 aliphatic heterocycles. The molecule has 3 nitrogen and oxygen atoms in total. The molecule has 0 saturated heterocycles. The first kappa shape index (κ1) is 13.1. The van der Waals surface area contributed by atoms with Crippen molar-refractivity contribution in [3.63, 3.8) is 0 Å². The minimum absolute atomic E-state index is 0.378. The van der Waals surface area contributed by atoms with Gasteiger partial charge in [0.05, 0.1) is 5.02 Å². The van der Waals surface area contributed by atoms with E-state index in [-0.39, 0.29) is 0 Å². The van der Waals surface area contributed by atoms with E-state index in [0.717, 1.165) is 5.56 Å². The van der Waals surface area contributed by atoms with E-state index in [2.05, 4.69) is 4.98 Å². The molecule has 94 valence electrons. The van der Waals surface area contributed by atoms with Crippen LogP contribution in [0.2, 0.25) is 10.0 Å². The fourth-order valence-corrected chi connectivity index (χ4v) is 1.86. The Morgan fingerprint density at radius 2 is 2.00 bits per heavy atom. The Balaban J connectivity index is 2.31. The molecule has 2 aromatic rings. The highest BCUT2D eigenvalue weighted by atomic mass is 35.5. The summed E-state index contributed by atoms with van der Waals surface area (Å²) in [7, 11) is 0. The second-order valence-corrected chi connectivity index (χ2v) is 4.45. The van der Waals surface area contributed by atoms with E-state index in [1.165, 1.54) is 0 Å². The molecular weight excluding hydrogens is 271 g/mol. The molecule has 0 bridgehead atoms. The average Bonchev–Trinajstić information content (AvgIpc) is 2.37. The van der Waals surface area contributed by atoms with Crippen molar-refractivity contribution in [3.8, 4) is 11.6 Å². The maximum absolute atomic E-state index is 6.06. The number of rotatable bonds is 4. The van der Waals surface area contributed by atoms with Crippen molar-refractivity contribution in [2.24, 2.45) is 5.73 Å². The van der Waals surface area contributed by atoms with Gasteiger partial charge in [-0.25, -0.2) is 4.98 Å². The van der Waals surface area contributed by atoms with Gasteiger partial charge >= 0.3 is 0 Å². The van der Waals surface area contributed by atoms with Gasteiger partial charge in [-0.05, 0) is 31.2 Å². The number of pyridine rings is 1. The first-order chi connectivity index (χ1) is 8.72. The molecule has 1 heterocycles. The van der Waals surface area contributed by atoms with Gasteiger partial charge in [0.15, 0.2) is 0 Å². The summed E-state index contributed by atoms with van der Waals surface area (Å²) < 4.78 is 5.69. The number of hydrogen-bond donors (Lipinski definition) is 1. The molecule has 0 aliphatic rings. The summed E-state index contributed by atoms with van der Waals surface area (Å²) in [4.78, 5) is 4.18. The number of halogens is 2. The molecule has 18 heavy (non-hydrogen) atoms. The first-order valence-corrected chi connectivity index (χ1v) is 6.24. The van der Waals surface area contributed by atoms with Gasteiger partial charge in [-0.15, -0.1) is 0 Å². The third-order valence-corrected chi connectivity index (χ3v) is 3.19. The third kappa shape index (κ3) is 2.93. The molecule has 2 rings (SSSR count). The zero-order chi connectivity index (χ0) is 13.0. The Morgan fingerprint density at radius 3 is 2.78 bits per heavy atom. The largest absolute Gasteiger partial charge is 0.437 e. The molecule has 5 heteroatoms. The Labute approximate surface area is 115 Å². The zero-order valence-corrected chi connectivity index (χ0v) is 11.1. The molecule has 2 N–H and O–H groups in total. The molecule has 0 fully saturated rings. The SMILES string of the molecule is NCCc1cccnc1Oc1cccc(Cl)c1Cl. The summed E-state index contributed by atoms with van der Waals surface area (Å²) in [6.45, 7) is 0.533. The fourth-order valence-electron chi connectivity index (χ4n) is 1.53. The highest BCUT2D eigenvalue weighted by Gasteiger charge is 2.10. The van der Waals surface area contributed by atoms with Crippen LogP contribution in [0.5, 0.6) is 11.6 Å². The molecule has 0 amide bonds. The number of nitrogens with zero attached hydrogens (tertiary/aromatic N) is 1. The summed E-state index contributed by atoms with van der Waals surface area (Å²) in [6.07, 6.45) is 2.36. The van der Waals surface area contributed by atoms with E-state index in [9.17, 15) is 0 Å². The van der Waals surface area contributed by atoms with E-state index in [1.54, 1.807) is 24.4 Å².